The Balaban J connectivity index is 2.18. The van der Waals surface area contributed by atoms with Crippen molar-refractivity contribution < 1.29 is 9.90 Å². The summed E-state index contributed by atoms with van der Waals surface area (Å²) in [6, 6.07) is 5.66. The zero-order valence-electron chi connectivity index (χ0n) is 13.1. The minimum atomic E-state index is -0.168. The molecule has 1 aromatic rings. The zero-order chi connectivity index (χ0) is 15.5. The SMILES string of the molecule is Cc1cc(C#CCO)cc(C(=O)N2CCC(C)(C)CC2)c1. The average Bonchev–Trinajstić information content (AvgIpc) is 2.44. The van der Waals surface area contributed by atoms with Gasteiger partial charge in [0.2, 0.25) is 0 Å². The third-order valence-corrected chi connectivity index (χ3v) is 4.04. The molecule has 2 rings (SSSR count). The fourth-order valence-corrected chi connectivity index (χ4v) is 2.62. The van der Waals surface area contributed by atoms with E-state index in [2.05, 4.69) is 25.7 Å². The first-order valence-corrected chi connectivity index (χ1v) is 7.42. The van der Waals surface area contributed by atoms with Gasteiger partial charge in [-0.25, -0.2) is 0 Å². The van der Waals surface area contributed by atoms with Crippen LogP contribution in [0.1, 0.15) is 48.2 Å². The maximum absolute atomic E-state index is 12.6. The van der Waals surface area contributed by atoms with Gasteiger partial charge in [0, 0.05) is 24.2 Å². The molecule has 0 saturated carbocycles. The monoisotopic (exact) mass is 285 g/mol. The minimum Gasteiger partial charge on any atom is -0.384 e. The van der Waals surface area contributed by atoms with Crippen molar-refractivity contribution in [2.45, 2.75) is 33.6 Å². The Labute approximate surface area is 127 Å². The summed E-state index contributed by atoms with van der Waals surface area (Å²) in [5.41, 5.74) is 2.82. The third-order valence-electron chi connectivity index (χ3n) is 4.04. The number of nitrogens with zero attached hydrogens (tertiary/aromatic N) is 1. The minimum absolute atomic E-state index is 0.0845. The molecule has 1 amide bonds. The number of carbonyl (C=O) groups excluding carboxylic acids is 1. The lowest BCUT2D eigenvalue weighted by molar-refractivity contribution is 0.0630. The molecule has 0 aromatic heterocycles. The number of likely N-dealkylation sites (tertiary alicyclic amines) is 1. The highest BCUT2D eigenvalue weighted by molar-refractivity contribution is 5.94. The highest BCUT2D eigenvalue weighted by Crippen LogP contribution is 2.30. The molecule has 1 heterocycles. The second-order valence-corrected chi connectivity index (χ2v) is 6.50. The van der Waals surface area contributed by atoms with E-state index in [-0.39, 0.29) is 12.5 Å². The van der Waals surface area contributed by atoms with Crippen LogP contribution in [0.3, 0.4) is 0 Å². The first-order chi connectivity index (χ1) is 9.91. The van der Waals surface area contributed by atoms with E-state index in [0.717, 1.165) is 37.1 Å². The van der Waals surface area contributed by atoms with E-state index in [0.29, 0.717) is 11.0 Å². The van der Waals surface area contributed by atoms with Gasteiger partial charge in [0.15, 0.2) is 0 Å². The Morgan fingerprint density at radius 3 is 2.57 bits per heavy atom. The van der Waals surface area contributed by atoms with Crippen molar-refractivity contribution in [1.29, 1.82) is 0 Å². The molecule has 0 bridgehead atoms. The van der Waals surface area contributed by atoms with Crippen molar-refractivity contribution in [3.8, 4) is 11.8 Å². The zero-order valence-corrected chi connectivity index (χ0v) is 13.1. The molecule has 1 aromatic carbocycles. The number of aliphatic hydroxyl groups excluding tert-OH is 1. The second kappa shape index (κ2) is 6.32. The number of rotatable bonds is 1. The van der Waals surface area contributed by atoms with E-state index in [4.69, 9.17) is 5.11 Å². The standard InChI is InChI=1S/C18H23NO2/c1-14-11-15(5-4-10-20)13-16(12-14)17(21)19-8-6-18(2,3)7-9-19/h11-13,20H,6-10H2,1-3H3. The summed E-state index contributed by atoms with van der Waals surface area (Å²) in [5.74, 6) is 5.59. The number of piperidine rings is 1. The first kappa shape index (κ1) is 15.6. The van der Waals surface area contributed by atoms with E-state index >= 15 is 0 Å². The largest absolute Gasteiger partial charge is 0.384 e. The Morgan fingerprint density at radius 2 is 1.95 bits per heavy atom. The van der Waals surface area contributed by atoms with Gasteiger partial charge in [-0.15, -0.1) is 0 Å². The number of amides is 1. The maximum Gasteiger partial charge on any atom is 0.253 e. The van der Waals surface area contributed by atoms with E-state index in [1.54, 1.807) is 0 Å². The molecular formula is C18H23NO2. The van der Waals surface area contributed by atoms with Gasteiger partial charge >= 0.3 is 0 Å². The van der Waals surface area contributed by atoms with Crippen LogP contribution in [0.25, 0.3) is 0 Å². The van der Waals surface area contributed by atoms with Crippen molar-refractivity contribution in [2.75, 3.05) is 19.7 Å². The van der Waals surface area contributed by atoms with Crippen LogP contribution in [-0.2, 0) is 0 Å². The van der Waals surface area contributed by atoms with Gasteiger partial charge in [-0.05, 0) is 48.9 Å². The predicted molar refractivity (Wildman–Crippen MR) is 84.1 cm³/mol. The van der Waals surface area contributed by atoms with Crippen LogP contribution < -0.4 is 0 Å². The predicted octanol–water partition coefficient (Wildman–Crippen LogP) is 2.60. The molecule has 1 saturated heterocycles. The van der Waals surface area contributed by atoms with E-state index in [1.807, 2.05) is 30.0 Å². The van der Waals surface area contributed by atoms with Crippen LogP contribution in [0.2, 0.25) is 0 Å². The molecule has 0 unspecified atom stereocenters. The summed E-state index contributed by atoms with van der Waals surface area (Å²) in [6.07, 6.45) is 2.09. The number of carbonyl (C=O) groups is 1. The summed E-state index contributed by atoms with van der Waals surface area (Å²) in [7, 11) is 0. The summed E-state index contributed by atoms with van der Waals surface area (Å²) >= 11 is 0. The number of aryl methyl sites for hydroxylation is 1. The Morgan fingerprint density at radius 1 is 1.29 bits per heavy atom. The molecule has 0 radical (unpaired) electrons. The molecule has 1 N–H and O–H groups in total. The molecule has 1 fully saturated rings. The highest BCUT2D eigenvalue weighted by Gasteiger charge is 2.28. The molecular weight excluding hydrogens is 262 g/mol. The Bertz CT molecular complexity index is 583. The molecule has 112 valence electrons. The Kier molecular flexibility index (Phi) is 4.69. The highest BCUT2D eigenvalue weighted by atomic mass is 16.2. The topological polar surface area (TPSA) is 40.5 Å². The van der Waals surface area contributed by atoms with Gasteiger partial charge in [-0.3, -0.25) is 4.79 Å². The van der Waals surface area contributed by atoms with Crippen LogP contribution in [-0.4, -0.2) is 35.6 Å². The lowest BCUT2D eigenvalue weighted by atomic mass is 9.82. The van der Waals surface area contributed by atoms with Crippen LogP contribution in [0.15, 0.2) is 18.2 Å². The van der Waals surface area contributed by atoms with Gasteiger partial charge in [-0.1, -0.05) is 25.7 Å². The Hall–Kier alpha value is -1.79. The van der Waals surface area contributed by atoms with Gasteiger partial charge in [0.25, 0.3) is 5.91 Å². The molecule has 3 nitrogen and oxygen atoms in total. The molecule has 21 heavy (non-hydrogen) atoms. The average molecular weight is 285 g/mol. The summed E-state index contributed by atoms with van der Waals surface area (Å²) < 4.78 is 0. The van der Waals surface area contributed by atoms with Gasteiger partial charge in [-0.2, -0.15) is 0 Å². The summed E-state index contributed by atoms with van der Waals surface area (Å²) in [6.45, 7) is 7.93. The fourth-order valence-electron chi connectivity index (χ4n) is 2.62. The van der Waals surface area contributed by atoms with Crippen LogP contribution in [0.4, 0.5) is 0 Å². The number of hydrogen-bond donors (Lipinski definition) is 1. The molecule has 1 aliphatic rings. The number of aliphatic hydroxyl groups is 1. The van der Waals surface area contributed by atoms with Crippen LogP contribution >= 0.6 is 0 Å². The van der Waals surface area contributed by atoms with Crippen LogP contribution in [0.5, 0.6) is 0 Å². The first-order valence-electron chi connectivity index (χ1n) is 7.42. The van der Waals surface area contributed by atoms with Crippen LogP contribution in [0, 0.1) is 24.2 Å². The lowest BCUT2D eigenvalue weighted by Crippen LogP contribution is -2.41. The van der Waals surface area contributed by atoms with Crippen molar-refractivity contribution in [3.05, 3.63) is 34.9 Å². The molecule has 3 heteroatoms. The number of hydrogen-bond acceptors (Lipinski definition) is 2. The summed E-state index contributed by atoms with van der Waals surface area (Å²) in [4.78, 5) is 14.6. The van der Waals surface area contributed by atoms with Crippen molar-refractivity contribution in [3.63, 3.8) is 0 Å². The second-order valence-electron chi connectivity index (χ2n) is 6.50. The quantitative estimate of drug-likeness (QED) is 0.806. The van der Waals surface area contributed by atoms with Crippen molar-refractivity contribution >= 4 is 5.91 Å². The van der Waals surface area contributed by atoms with E-state index in [1.165, 1.54) is 0 Å². The fraction of sp³-hybridized carbons (Fsp3) is 0.500. The number of benzene rings is 1. The molecule has 0 atom stereocenters. The van der Waals surface area contributed by atoms with Crippen molar-refractivity contribution in [1.82, 2.24) is 4.90 Å². The van der Waals surface area contributed by atoms with E-state index < -0.39 is 0 Å². The van der Waals surface area contributed by atoms with Crippen molar-refractivity contribution in [2.24, 2.45) is 5.41 Å². The van der Waals surface area contributed by atoms with Gasteiger partial charge < -0.3 is 10.0 Å². The maximum atomic E-state index is 12.6. The lowest BCUT2D eigenvalue weighted by Gasteiger charge is -2.37. The van der Waals surface area contributed by atoms with Gasteiger partial charge in [0.05, 0.1) is 0 Å². The summed E-state index contributed by atoms with van der Waals surface area (Å²) in [5, 5.41) is 8.78. The molecule has 1 aliphatic heterocycles. The molecule has 0 aliphatic carbocycles. The normalized spacial score (nSPS) is 17.0. The smallest absolute Gasteiger partial charge is 0.253 e. The van der Waals surface area contributed by atoms with E-state index in [9.17, 15) is 4.79 Å². The van der Waals surface area contributed by atoms with Gasteiger partial charge in [0.1, 0.15) is 6.61 Å². The molecule has 0 spiro atoms. The third kappa shape index (κ3) is 4.09.